The number of benzene rings is 1. The highest BCUT2D eigenvalue weighted by atomic mass is 16.6. The van der Waals surface area contributed by atoms with Gasteiger partial charge in [-0.1, -0.05) is 0 Å². The van der Waals surface area contributed by atoms with Crippen LogP contribution in [-0.4, -0.2) is 70.2 Å². The third-order valence-electron chi connectivity index (χ3n) is 5.89. The molecule has 1 aromatic carbocycles. The van der Waals surface area contributed by atoms with Crippen LogP contribution in [-0.2, 0) is 9.53 Å². The number of aromatic amines is 1. The Balaban J connectivity index is 1.34. The van der Waals surface area contributed by atoms with E-state index < -0.39 is 12.1 Å². The number of rotatable bonds is 3. The number of hydrogen-bond donors (Lipinski definition) is 2. The standard InChI is InChI=1S/C19H21N5O4/c1-23-8-13-7-12(23)9-24(13)17(25)16-14-6-11(4-5-15(14)21-22-16)20-19(27)28-18(26)10-2-3-10/h4-6,10,12-13H,2-3,7-9H2,1H3,(H,20,27)(H,21,22). The van der Waals surface area contributed by atoms with Gasteiger partial charge in [-0.15, -0.1) is 0 Å². The number of likely N-dealkylation sites (tertiary alicyclic amines) is 2. The molecule has 146 valence electrons. The maximum Gasteiger partial charge on any atom is 0.419 e. The summed E-state index contributed by atoms with van der Waals surface area (Å²) < 4.78 is 4.78. The number of nitrogens with one attached hydrogen (secondary N) is 2. The van der Waals surface area contributed by atoms with Crippen LogP contribution in [0.25, 0.3) is 10.9 Å². The summed E-state index contributed by atoms with van der Waals surface area (Å²) in [7, 11) is 2.08. The van der Waals surface area contributed by atoms with Gasteiger partial charge in [-0.25, -0.2) is 4.79 Å². The molecule has 3 heterocycles. The van der Waals surface area contributed by atoms with E-state index in [2.05, 4.69) is 27.5 Å². The highest BCUT2D eigenvalue weighted by Crippen LogP contribution is 2.32. The average molecular weight is 383 g/mol. The number of aromatic nitrogens is 2. The molecule has 0 radical (unpaired) electrons. The molecule has 1 aliphatic carbocycles. The van der Waals surface area contributed by atoms with Gasteiger partial charge in [0, 0.05) is 36.2 Å². The van der Waals surface area contributed by atoms with Gasteiger partial charge in [-0.2, -0.15) is 5.10 Å². The third kappa shape index (κ3) is 2.91. The lowest BCUT2D eigenvalue weighted by atomic mass is 10.1. The maximum atomic E-state index is 13.0. The van der Waals surface area contributed by atoms with Crippen LogP contribution in [0.2, 0.25) is 0 Å². The van der Waals surface area contributed by atoms with Crippen LogP contribution in [0.1, 0.15) is 29.8 Å². The molecule has 5 rings (SSSR count). The first-order chi connectivity index (χ1) is 13.5. The Hall–Kier alpha value is -2.94. The molecular weight excluding hydrogens is 362 g/mol. The number of likely N-dealkylation sites (N-methyl/N-ethyl adjacent to an activating group) is 1. The summed E-state index contributed by atoms with van der Waals surface area (Å²) in [6, 6.07) is 5.72. The molecule has 2 bridgehead atoms. The summed E-state index contributed by atoms with van der Waals surface area (Å²) in [5.74, 6) is -0.747. The van der Waals surface area contributed by atoms with Crippen molar-refractivity contribution in [3.05, 3.63) is 23.9 Å². The highest BCUT2D eigenvalue weighted by molar-refractivity contribution is 6.06. The van der Waals surface area contributed by atoms with E-state index in [0.717, 1.165) is 25.8 Å². The Kier molecular flexibility index (Phi) is 3.87. The quantitative estimate of drug-likeness (QED) is 0.615. The van der Waals surface area contributed by atoms with Crippen molar-refractivity contribution in [3.8, 4) is 0 Å². The molecule has 2 N–H and O–H groups in total. The summed E-state index contributed by atoms with van der Waals surface area (Å²) in [6.07, 6.45) is 1.73. The van der Waals surface area contributed by atoms with Gasteiger partial charge in [-0.05, 0) is 44.5 Å². The van der Waals surface area contributed by atoms with Gasteiger partial charge < -0.3 is 9.64 Å². The molecule has 2 atom stereocenters. The zero-order chi connectivity index (χ0) is 19.4. The normalized spacial score (nSPS) is 24.0. The van der Waals surface area contributed by atoms with E-state index in [-0.39, 0.29) is 17.9 Å². The summed E-state index contributed by atoms with van der Waals surface area (Å²) in [6.45, 7) is 1.59. The predicted molar refractivity (Wildman–Crippen MR) is 99.8 cm³/mol. The SMILES string of the molecule is CN1CC2CC1CN2C(=O)c1n[nH]c2ccc(NC(=O)OC(=O)C3CC3)cc12. The van der Waals surface area contributed by atoms with Gasteiger partial charge in [0.2, 0.25) is 0 Å². The first-order valence-electron chi connectivity index (χ1n) is 9.51. The molecule has 3 aliphatic rings. The van der Waals surface area contributed by atoms with Gasteiger partial charge in [0.15, 0.2) is 5.69 Å². The molecule has 2 aliphatic heterocycles. The van der Waals surface area contributed by atoms with Crippen molar-refractivity contribution in [1.29, 1.82) is 0 Å². The van der Waals surface area contributed by atoms with E-state index >= 15 is 0 Å². The van der Waals surface area contributed by atoms with E-state index in [0.29, 0.717) is 34.9 Å². The Morgan fingerprint density at radius 3 is 2.71 bits per heavy atom. The zero-order valence-electron chi connectivity index (χ0n) is 15.5. The van der Waals surface area contributed by atoms with E-state index in [1.165, 1.54) is 0 Å². The molecule has 0 spiro atoms. The van der Waals surface area contributed by atoms with Crippen molar-refractivity contribution in [2.75, 3.05) is 25.5 Å². The average Bonchev–Trinajstić information content (AvgIpc) is 3.17. The second-order valence-electron chi connectivity index (χ2n) is 7.88. The number of fused-ring (bicyclic) bond motifs is 3. The Morgan fingerprint density at radius 1 is 1.21 bits per heavy atom. The number of piperazine rings is 1. The summed E-state index contributed by atoms with van der Waals surface area (Å²) in [4.78, 5) is 40.7. The smallest absolute Gasteiger partial charge is 0.376 e. The van der Waals surface area contributed by atoms with Crippen LogP contribution in [0.15, 0.2) is 18.2 Å². The van der Waals surface area contributed by atoms with Crippen LogP contribution in [0.5, 0.6) is 0 Å². The fourth-order valence-corrected chi connectivity index (χ4v) is 4.14. The Morgan fingerprint density at radius 2 is 2.04 bits per heavy atom. The molecule has 1 saturated carbocycles. The minimum absolute atomic E-state index is 0.101. The molecule has 2 aromatic rings. The third-order valence-corrected chi connectivity index (χ3v) is 5.89. The molecule has 9 heteroatoms. The molecule has 1 aromatic heterocycles. The molecule has 3 fully saturated rings. The molecule has 2 unspecified atom stereocenters. The van der Waals surface area contributed by atoms with E-state index in [4.69, 9.17) is 4.74 Å². The van der Waals surface area contributed by atoms with Crippen LogP contribution in [0.3, 0.4) is 0 Å². The Labute approximate surface area is 161 Å². The van der Waals surface area contributed by atoms with Crippen molar-refractivity contribution in [2.24, 2.45) is 5.92 Å². The van der Waals surface area contributed by atoms with Gasteiger partial charge in [-0.3, -0.25) is 24.9 Å². The lowest BCUT2D eigenvalue weighted by Gasteiger charge is -2.31. The topological polar surface area (TPSA) is 108 Å². The largest absolute Gasteiger partial charge is 0.419 e. The van der Waals surface area contributed by atoms with Gasteiger partial charge >= 0.3 is 12.1 Å². The number of carbonyl (C=O) groups is 3. The number of hydrogen-bond acceptors (Lipinski definition) is 6. The second-order valence-corrected chi connectivity index (χ2v) is 7.88. The van der Waals surface area contributed by atoms with Crippen LogP contribution in [0, 0.1) is 5.92 Å². The molecule has 2 saturated heterocycles. The lowest BCUT2D eigenvalue weighted by Crippen LogP contribution is -2.47. The minimum atomic E-state index is -0.812. The fraction of sp³-hybridized carbons (Fsp3) is 0.474. The number of esters is 1. The van der Waals surface area contributed by atoms with Crippen molar-refractivity contribution < 1.29 is 19.1 Å². The summed E-state index contributed by atoms with van der Waals surface area (Å²) >= 11 is 0. The van der Waals surface area contributed by atoms with Crippen LogP contribution < -0.4 is 5.32 Å². The lowest BCUT2D eigenvalue weighted by molar-refractivity contribution is -0.138. The maximum absolute atomic E-state index is 13.0. The van der Waals surface area contributed by atoms with E-state index in [1.807, 2.05) is 4.90 Å². The number of H-pyrrole nitrogens is 1. The van der Waals surface area contributed by atoms with Gasteiger partial charge in [0.1, 0.15) is 0 Å². The summed E-state index contributed by atoms with van der Waals surface area (Å²) in [5.41, 5.74) is 1.49. The van der Waals surface area contributed by atoms with E-state index in [1.54, 1.807) is 18.2 Å². The molecule has 2 amide bonds. The highest BCUT2D eigenvalue weighted by Gasteiger charge is 2.44. The van der Waals surface area contributed by atoms with Crippen LogP contribution in [0.4, 0.5) is 10.5 Å². The molecular formula is C19H21N5O4. The second kappa shape index (κ2) is 6.30. The molecule has 9 nitrogen and oxygen atoms in total. The van der Waals surface area contributed by atoms with Crippen molar-refractivity contribution >= 4 is 34.6 Å². The predicted octanol–water partition coefficient (Wildman–Crippen LogP) is 1.58. The van der Waals surface area contributed by atoms with E-state index in [9.17, 15) is 14.4 Å². The van der Waals surface area contributed by atoms with Gasteiger partial charge in [0.05, 0.1) is 11.4 Å². The number of carbonyl (C=O) groups excluding carboxylic acids is 3. The van der Waals surface area contributed by atoms with Crippen molar-refractivity contribution in [1.82, 2.24) is 20.0 Å². The van der Waals surface area contributed by atoms with Crippen LogP contribution >= 0.6 is 0 Å². The summed E-state index contributed by atoms with van der Waals surface area (Å²) in [5, 5.41) is 10.3. The first-order valence-corrected chi connectivity index (χ1v) is 9.51. The number of nitrogens with zero attached hydrogens (tertiary/aromatic N) is 3. The van der Waals surface area contributed by atoms with Crippen molar-refractivity contribution in [3.63, 3.8) is 0 Å². The number of amides is 2. The van der Waals surface area contributed by atoms with Crippen molar-refractivity contribution in [2.45, 2.75) is 31.3 Å². The first kappa shape index (κ1) is 17.2. The zero-order valence-corrected chi connectivity index (χ0v) is 15.5. The fourth-order valence-electron chi connectivity index (χ4n) is 4.14. The minimum Gasteiger partial charge on any atom is -0.376 e. The molecule has 28 heavy (non-hydrogen) atoms. The Bertz CT molecular complexity index is 980. The number of ether oxygens (including phenoxy) is 1. The van der Waals surface area contributed by atoms with Gasteiger partial charge in [0.25, 0.3) is 5.91 Å². The number of anilines is 1. The monoisotopic (exact) mass is 383 g/mol.